The maximum absolute atomic E-state index is 12.8. The molecular formula is C17H11F6N3O2. The number of nitrogens with zero attached hydrogens (tertiary/aromatic N) is 2. The minimum absolute atomic E-state index is 0.0366. The highest BCUT2D eigenvalue weighted by Crippen LogP contribution is 2.31. The van der Waals surface area contributed by atoms with Gasteiger partial charge in [-0.25, -0.2) is 0 Å². The van der Waals surface area contributed by atoms with E-state index in [0.717, 1.165) is 24.3 Å². The van der Waals surface area contributed by atoms with Crippen LogP contribution in [0.4, 0.5) is 32.0 Å². The molecule has 1 heterocycles. The van der Waals surface area contributed by atoms with Crippen LogP contribution < -0.4 is 10.1 Å². The van der Waals surface area contributed by atoms with Crippen molar-refractivity contribution in [2.75, 3.05) is 5.32 Å². The molecule has 5 nitrogen and oxygen atoms in total. The Morgan fingerprint density at radius 1 is 0.964 bits per heavy atom. The summed E-state index contributed by atoms with van der Waals surface area (Å²) in [6.07, 6.45) is -9.32. The second kappa shape index (κ2) is 7.41. The molecule has 11 heteroatoms. The Morgan fingerprint density at radius 2 is 1.71 bits per heavy atom. The number of rotatable bonds is 5. The SMILES string of the molecule is FC(F)(F)Oc1cccc(NCc2nc(-c3cccc(C(F)(F)F)c3)no2)c1. The molecule has 1 N–H and O–H groups in total. The van der Waals surface area contributed by atoms with Crippen LogP contribution in [-0.2, 0) is 12.7 Å². The summed E-state index contributed by atoms with van der Waals surface area (Å²) in [6, 6.07) is 9.53. The summed E-state index contributed by atoms with van der Waals surface area (Å²) in [5, 5.41) is 6.38. The van der Waals surface area contributed by atoms with Crippen LogP contribution in [0.15, 0.2) is 53.1 Å². The summed E-state index contributed by atoms with van der Waals surface area (Å²) in [5.74, 6) is -0.417. The van der Waals surface area contributed by atoms with Crippen molar-refractivity contribution in [3.05, 3.63) is 60.0 Å². The molecule has 3 rings (SSSR count). The zero-order valence-corrected chi connectivity index (χ0v) is 13.8. The van der Waals surface area contributed by atoms with Crippen LogP contribution in [0.3, 0.4) is 0 Å². The number of benzene rings is 2. The first-order valence-electron chi connectivity index (χ1n) is 7.70. The summed E-state index contributed by atoms with van der Waals surface area (Å²) in [7, 11) is 0. The van der Waals surface area contributed by atoms with Gasteiger partial charge in [0, 0.05) is 17.3 Å². The fraction of sp³-hybridized carbons (Fsp3) is 0.176. The molecule has 0 saturated carbocycles. The van der Waals surface area contributed by atoms with Gasteiger partial charge < -0.3 is 14.6 Å². The standard InChI is InChI=1S/C17H11F6N3O2/c18-16(19,20)11-4-1-3-10(7-11)15-25-14(28-26-15)9-24-12-5-2-6-13(8-12)27-17(21,22)23/h1-8,24H,9H2. The first-order chi connectivity index (χ1) is 13.1. The third kappa shape index (κ3) is 5.15. The zero-order valence-electron chi connectivity index (χ0n) is 13.8. The Hall–Kier alpha value is -3.24. The minimum Gasteiger partial charge on any atom is -0.406 e. The molecule has 0 aliphatic carbocycles. The first-order valence-corrected chi connectivity index (χ1v) is 7.70. The fourth-order valence-electron chi connectivity index (χ4n) is 2.26. The average Bonchev–Trinajstić information content (AvgIpc) is 3.07. The Labute approximate surface area is 153 Å². The second-order valence-corrected chi connectivity index (χ2v) is 5.52. The quantitative estimate of drug-likeness (QED) is 0.589. The highest BCUT2D eigenvalue weighted by molar-refractivity contribution is 5.56. The smallest absolute Gasteiger partial charge is 0.406 e. The van der Waals surface area contributed by atoms with Crippen molar-refractivity contribution in [1.82, 2.24) is 10.1 Å². The molecule has 0 amide bonds. The number of alkyl halides is 6. The molecule has 0 radical (unpaired) electrons. The Bertz CT molecular complexity index is 952. The summed E-state index contributed by atoms with van der Waals surface area (Å²) in [6.45, 7) is -0.0541. The van der Waals surface area contributed by atoms with Gasteiger partial charge in [-0.2, -0.15) is 18.2 Å². The number of hydrogen-bond acceptors (Lipinski definition) is 5. The molecule has 0 saturated heterocycles. The van der Waals surface area contributed by atoms with E-state index in [1.807, 2.05) is 0 Å². The van der Waals surface area contributed by atoms with Crippen molar-refractivity contribution in [1.29, 1.82) is 0 Å². The predicted molar refractivity (Wildman–Crippen MR) is 85.2 cm³/mol. The van der Waals surface area contributed by atoms with E-state index in [2.05, 4.69) is 20.2 Å². The summed E-state index contributed by atoms with van der Waals surface area (Å²) in [5.41, 5.74) is -0.443. The molecule has 0 aliphatic rings. The average molecular weight is 403 g/mol. The first kappa shape index (κ1) is 19.5. The van der Waals surface area contributed by atoms with Crippen LogP contribution in [0.25, 0.3) is 11.4 Å². The molecule has 2 aromatic carbocycles. The van der Waals surface area contributed by atoms with Gasteiger partial charge >= 0.3 is 12.5 Å². The van der Waals surface area contributed by atoms with Gasteiger partial charge in [0.15, 0.2) is 0 Å². The van der Waals surface area contributed by atoms with Crippen LogP contribution in [0.2, 0.25) is 0 Å². The van der Waals surface area contributed by atoms with E-state index in [9.17, 15) is 26.3 Å². The van der Waals surface area contributed by atoms with Gasteiger partial charge in [0.2, 0.25) is 11.7 Å². The van der Waals surface area contributed by atoms with E-state index in [-0.39, 0.29) is 23.8 Å². The van der Waals surface area contributed by atoms with E-state index < -0.39 is 23.9 Å². The van der Waals surface area contributed by atoms with Crippen LogP contribution in [0.1, 0.15) is 11.5 Å². The number of nitrogens with one attached hydrogen (secondary N) is 1. The van der Waals surface area contributed by atoms with Gasteiger partial charge in [0.05, 0.1) is 12.1 Å². The van der Waals surface area contributed by atoms with Gasteiger partial charge in [0.1, 0.15) is 5.75 Å². The summed E-state index contributed by atoms with van der Waals surface area (Å²) < 4.78 is 83.8. The molecule has 0 spiro atoms. The van der Waals surface area contributed by atoms with Crippen molar-refractivity contribution in [3.63, 3.8) is 0 Å². The van der Waals surface area contributed by atoms with Gasteiger partial charge in [-0.05, 0) is 24.3 Å². The molecule has 0 aliphatic heterocycles. The minimum atomic E-state index is -4.81. The molecule has 28 heavy (non-hydrogen) atoms. The number of aromatic nitrogens is 2. The third-order valence-electron chi connectivity index (χ3n) is 3.43. The van der Waals surface area contributed by atoms with E-state index >= 15 is 0 Å². The molecule has 0 fully saturated rings. The van der Waals surface area contributed by atoms with Gasteiger partial charge in [-0.1, -0.05) is 23.4 Å². The topological polar surface area (TPSA) is 60.2 Å². The molecule has 0 atom stereocenters. The highest BCUT2D eigenvalue weighted by atomic mass is 19.4. The van der Waals surface area contributed by atoms with Crippen molar-refractivity contribution in [3.8, 4) is 17.1 Å². The van der Waals surface area contributed by atoms with E-state index in [1.165, 1.54) is 24.3 Å². The maximum atomic E-state index is 12.8. The van der Waals surface area contributed by atoms with E-state index in [0.29, 0.717) is 5.69 Å². The Kier molecular flexibility index (Phi) is 5.16. The second-order valence-electron chi connectivity index (χ2n) is 5.52. The number of halogens is 6. The van der Waals surface area contributed by atoms with Crippen LogP contribution in [0, 0.1) is 0 Å². The van der Waals surface area contributed by atoms with Crippen molar-refractivity contribution in [2.45, 2.75) is 19.1 Å². The molecule has 0 bridgehead atoms. The Morgan fingerprint density at radius 3 is 2.43 bits per heavy atom. The molecule has 3 aromatic rings. The molecule has 1 aromatic heterocycles. The summed E-state index contributed by atoms with van der Waals surface area (Å²) in [4.78, 5) is 3.98. The van der Waals surface area contributed by atoms with Gasteiger partial charge in [-0.15, -0.1) is 13.2 Å². The normalized spacial score (nSPS) is 12.1. The fourth-order valence-corrected chi connectivity index (χ4v) is 2.26. The van der Waals surface area contributed by atoms with E-state index in [4.69, 9.17) is 4.52 Å². The lowest BCUT2D eigenvalue weighted by Crippen LogP contribution is -2.17. The third-order valence-corrected chi connectivity index (χ3v) is 3.43. The molecule has 0 unspecified atom stereocenters. The van der Waals surface area contributed by atoms with Crippen molar-refractivity contribution < 1.29 is 35.6 Å². The van der Waals surface area contributed by atoms with Crippen LogP contribution >= 0.6 is 0 Å². The predicted octanol–water partition coefficient (Wildman–Crippen LogP) is 5.27. The number of anilines is 1. The summed E-state index contributed by atoms with van der Waals surface area (Å²) >= 11 is 0. The van der Waals surface area contributed by atoms with Crippen LogP contribution in [-0.4, -0.2) is 16.5 Å². The molecule has 148 valence electrons. The Balaban J connectivity index is 1.68. The largest absolute Gasteiger partial charge is 0.573 e. The highest BCUT2D eigenvalue weighted by Gasteiger charge is 2.31. The van der Waals surface area contributed by atoms with Gasteiger partial charge in [-0.3, -0.25) is 0 Å². The van der Waals surface area contributed by atoms with Crippen molar-refractivity contribution in [2.24, 2.45) is 0 Å². The zero-order chi connectivity index (χ0) is 20.4. The van der Waals surface area contributed by atoms with Crippen LogP contribution in [0.5, 0.6) is 5.75 Å². The van der Waals surface area contributed by atoms with Gasteiger partial charge in [0.25, 0.3) is 0 Å². The lowest BCUT2D eigenvalue weighted by molar-refractivity contribution is -0.274. The lowest BCUT2D eigenvalue weighted by atomic mass is 10.1. The number of ether oxygens (including phenoxy) is 1. The maximum Gasteiger partial charge on any atom is 0.573 e. The lowest BCUT2D eigenvalue weighted by Gasteiger charge is -2.10. The van der Waals surface area contributed by atoms with E-state index in [1.54, 1.807) is 0 Å². The monoisotopic (exact) mass is 403 g/mol. The number of hydrogen-bond donors (Lipinski definition) is 1. The van der Waals surface area contributed by atoms with Crippen molar-refractivity contribution >= 4 is 5.69 Å². The molecular weight excluding hydrogens is 392 g/mol.